The molecule has 0 saturated carbocycles. The van der Waals surface area contributed by atoms with Crippen molar-refractivity contribution in [1.29, 1.82) is 0 Å². The molecule has 2 bridgehead atoms. The van der Waals surface area contributed by atoms with Gasteiger partial charge >= 0.3 is 0 Å². The number of rotatable bonds is 3. The van der Waals surface area contributed by atoms with E-state index < -0.39 is 17.5 Å². The third kappa shape index (κ3) is 1.82. The normalized spacial score (nSPS) is 44.7. The van der Waals surface area contributed by atoms with E-state index in [1.165, 1.54) is 0 Å². The second kappa shape index (κ2) is 4.28. The van der Waals surface area contributed by atoms with Crippen LogP contribution in [0.3, 0.4) is 0 Å². The highest BCUT2D eigenvalue weighted by atomic mass is 16.7. The fourth-order valence-corrected chi connectivity index (χ4v) is 3.13. The number of hydrogen-bond donors (Lipinski definition) is 1. The highest BCUT2D eigenvalue weighted by Gasteiger charge is 2.70. The van der Waals surface area contributed by atoms with Crippen LogP contribution >= 0.6 is 0 Å². The van der Waals surface area contributed by atoms with E-state index in [4.69, 9.17) is 14.2 Å². The van der Waals surface area contributed by atoms with Crippen molar-refractivity contribution in [2.45, 2.75) is 57.1 Å². The molecule has 0 aromatic heterocycles. The first-order chi connectivity index (χ1) is 8.97. The maximum atomic E-state index is 10.0. The van der Waals surface area contributed by atoms with Crippen molar-refractivity contribution < 1.29 is 19.3 Å². The van der Waals surface area contributed by atoms with Crippen molar-refractivity contribution in [1.82, 2.24) is 0 Å². The molecule has 0 radical (unpaired) electrons. The largest absolute Gasteiger partial charge is 0.367 e. The lowest BCUT2D eigenvalue weighted by atomic mass is 9.90. The molecule has 2 aliphatic heterocycles. The Hall–Kier alpha value is -0.940. The van der Waals surface area contributed by atoms with Crippen LogP contribution in [0.2, 0.25) is 0 Å². The van der Waals surface area contributed by atoms with Gasteiger partial charge in [0.1, 0.15) is 17.3 Å². The zero-order valence-corrected chi connectivity index (χ0v) is 11.5. The van der Waals surface area contributed by atoms with Crippen LogP contribution in [0, 0.1) is 0 Å². The molecule has 4 nitrogen and oxygen atoms in total. The zero-order chi connectivity index (χ0) is 13.7. The second-order valence-electron chi connectivity index (χ2n) is 5.77. The average Bonchev–Trinajstić information content (AvgIpc) is 2.68. The highest BCUT2D eigenvalue weighted by Crippen LogP contribution is 2.51. The van der Waals surface area contributed by atoms with Gasteiger partial charge in [0.05, 0.1) is 12.7 Å². The summed E-state index contributed by atoms with van der Waals surface area (Å²) in [5.74, 6) is 0. The van der Waals surface area contributed by atoms with Crippen molar-refractivity contribution in [3.05, 3.63) is 35.9 Å². The lowest BCUT2D eigenvalue weighted by molar-refractivity contribution is -0.271. The zero-order valence-electron chi connectivity index (χ0n) is 11.5. The summed E-state index contributed by atoms with van der Waals surface area (Å²) < 4.78 is 17.5. The Labute approximate surface area is 113 Å². The van der Waals surface area contributed by atoms with Crippen LogP contribution in [0.15, 0.2) is 30.3 Å². The first kappa shape index (κ1) is 13.1. The molecule has 104 valence electrons. The van der Waals surface area contributed by atoms with E-state index in [0.29, 0.717) is 6.61 Å². The van der Waals surface area contributed by atoms with Gasteiger partial charge in [-0.3, -0.25) is 0 Å². The summed E-state index contributed by atoms with van der Waals surface area (Å²) in [6.45, 7) is 6.23. The summed E-state index contributed by atoms with van der Waals surface area (Å²) in [5, 5.41) is 10.0. The molecule has 0 aliphatic carbocycles. The summed E-state index contributed by atoms with van der Waals surface area (Å²) in [7, 11) is 0. The van der Waals surface area contributed by atoms with Gasteiger partial charge in [-0.1, -0.05) is 30.3 Å². The van der Waals surface area contributed by atoms with Crippen molar-refractivity contribution >= 4 is 0 Å². The van der Waals surface area contributed by atoms with E-state index in [9.17, 15) is 5.11 Å². The predicted molar refractivity (Wildman–Crippen MR) is 69.5 cm³/mol. The SMILES string of the molecule is C[C@H]1O[C@]2(C)[C@@H](OCc3ccccc3)[C@@]1(C)O[C@H]2O. The first-order valence-electron chi connectivity index (χ1n) is 6.66. The van der Waals surface area contributed by atoms with Gasteiger partial charge in [-0.15, -0.1) is 0 Å². The molecule has 19 heavy (non-hydrogen) atoms. The van der Waals surface area contributed by atoms with Crippen LogP contribution in [0.5, 0.6) is 0 Å². The molecular weight excluding hydrogens is 244 g/mol. The standard InChI is InChI=1S/C15H20O4/c1-10-14(2)12(15(3,18-10)13(16)19-14)17-9-11-7-5-4-6-8-11/h4-8,10,12-13,16H,9H2,1-3H3/t10-,12+,13-,14+,15-/m1/s1. The van der Waals surface area contributed by atoms with Crippen LogP contribution in [0.1, 0.15) is 26.3 Å². The van der Waals surface area contributed by atoms with E-state index in [-0.39, 0.29) is 12.2 Å². The molecule has 2 fully saturated rings. The van der Waals surface area contributed by atoms with Crippen LogP contribution in [-0.2, 0) is 20.8 Å². The van der Waals surface area contributed by atoms with Crippen LogP contribution in [-0.4, -0.2) is 34.8 Å². The predicted octanol–water partition coefficient (Wildman–Crippen LogP) is 1.86. The number of aliphatic hydroxyl groups excluding tert-OH is 1. The number of ether oxygens (including phenoxy) is 3. The number of aliphatic hydroxyl groups is 1. The number of benzene rings is 1. The summed E-state index contributed by atoms with van der Waals surface area (Å²) >= 11 is 0. The minimum Gasteiger partial charge on any atom is -0.367 e. The topological polar surface area (TPSA) is 47.9 Å². The Bertz CT molecular complexity index is 440. The summed E-state index contributed by atoms with van der Waals surface area (Å²) in [6.07, 6.45) is -1.30. The van der Waals surface area contributed by atoms with Gasteiger partial charge in [0.25, 0.3) is 0 Å². The molecule has 2 heterocycles. The van der Waals surface area contributed by atoms with Gasteiger partial charge in [0, 0.05) is 0 Å². The van der Waals surface area contributed by atoms with E-state index >= 15 is 0 Å². The maximum Gasteiger partial charge on any atom is 0.187 e. The Kier molecular flexibility index (Phi) is 2.94. The number of hydrogen-bond acceptors (Lipinski definition) is 4. The van der Waals surface area contributed by atoms with E-state index in [1.54, 1.807) is 0 Å². The Morgan fingerprint density at radius 1 is 1.16 bits per heavy atom. The average molecular weight is 264 g/mol. The van der Waals surface area contributed by atoms with E-state index in [2.05, 4.69) is 0 Å². The number of fused-ring (bicyclic) bond motifs is 2. The van der Waals surface area contributed by atoms with Crippen molar-refractivity contribution in [3.8, 4) is 0 Å². The minimum atomic E-state index is -0.936. The third-order valence-corrected chi connectivity index (χ3v) is 4.39. The quantitative estimate of drug-likeness (QED) is 0.905. The van der Waals surface area contributed by atoms with Crippen molar-refractivity contribution in [2.24, 2.45) is 0 Å². The smallest absolute Gasteiger partial charge is 0.187 e. The first-order valence-corrected chi connectivity index (χ1v) is 6.66. The molecule has 4 heteroatoms. The van der Waals surface area contributed by atoms with E-state index in [0.717, 1.165) is 5.56 Å². The fraction of sp³-hybridized carbons (Fsp3) is 0.600. The molecule has 1 aromatic rings. The summed E-state index contributed by atoms with van der Waals surface area (Å²) in [5.41, 5.74) is -0.283. The van der Waals surface area contributed by atoms with Gasteiger partial charge in [0.2, 0.25) is 0 Å². The molecule has 5 atom stereocenters. The molecule has 0 spiro atoms. The van der Waals surface area contributed by atoms with Gasteiger partial charge in [-0.2, -0.15) is 0 Å². The molecule has 1 N–H and O–H groups in total. The third-order valence-electron chi connectivity index (χ3n) is 4.39. The second-order valence-corrected chi connectivity index (χ2v) is 5.77. The monoisotopic (exact) mass is 264 g/mol. The molecule has 0 unspecified atom stereocenters. The van der Waals surface area contributed by atoms with Gasteiger partial charge in [-0.05, 0) is 26.3 Å². The Morgan fingerprint density at radius 3 is 2.42 bits per heavy atom. The lowest BCUT2D eigenvalue weighted by Crippen LogP contribution is -2.45. The Balaban J connectivity index is 1.78. The van der Waals surface area contributed by atoms with E-state index in [1.807, 2.05) is 51.1 Å². The lowest BCUT2D eigenvalue weighted by Gasteiger charge is -2.33. The fourth-order valence-electron chi connectivity index (χ4n) is 3.13. The molecule has 2 saturated heterocycles. The highest BCUT2D eigenvalue weighted by molar-refractivity contribution is 5.17. The van der Waals surface area contributed by atoms with Crippen molar-refractivity contribution in [3.63, 3.8) is 0 Å². The van der Waals surface area contributed by atoms with Gasteiger partial charge in [0.15, 0.2) is 6.29 Å². The van der Waals surface area contributed by atoms with Gasteiger partial charge < -0.3 is 19.3 Å². The molecular formula is C15H20O4. The molecule has 2 aliphatic rings. The van der Waals surface area contributed by atoms with Crippen LogP contribution < -0.4 is 0 Å². The van der Waals surface area contributed by atoms with Gasteiger partial charge in [-0.25, -0.2) is 0 Å². The van der Waals surface area contributed by atoms with Crippen LogP contribution in [0.25, 0.3) is 0 Å². The maximum absolute atomic E-state index is 10.0. The molecule has 0 amide bonds. The van der Waals surface area contributed by atoms with Crippen LogP contribution in [0.4, 0.5) is 0 Å². The van der Waals surface area contributed by atoms with Crippen molar-refractivity contribution in [2.75, 3.05) is 0 Å². The minimum absolute atomic E-state index is 0.0957. The molecule has 1 aromatic carbocycles. The summed E-state index contributed by atoms with van der Waals surface area (Å²) in [4.78, 5) is 0. The Morgan fingerprint density at radius 2 is 1.84 bits per heavy atom. The summed E-state index contributed by atoms with van der Waals surface area (Å²) in [6, 6.07) is 9.97. The molecule has 3 rings (SSSR count).